The van der Waals surface area contributed by atoms with E-state index in [0.29, 0.717) is 12.3 Å². The number of thioether (sulfide) groups is 1. The van der Waals surface area contributed by atoms with Crippen molar-refractivity contribution in [2.24, 2.45) is 0 Å². The topological polar surface area (TPSA) is 60.2 Å². The molecule has 3 aromatic rings. The molecular weight excluding hydrogens is 416 g/mol. The molecule has 1 atom stereocenters. The average molecular weight is 443 g/mol. The first-order valence-electron chi connectivity index (χ1n) is 10.1. The van der Waals surface area contributed by atoms with Crippen LogP contribution in [0.4, 0.5) is 0 Å². The van der Waals surface area contributed by atoms with Gasteiger partial charge in [-0.05, 0) is 42.3 Å². The summed E-state index contributed by atoms with van der Waals surface area (Å²) in [4.78, 5) is 15.6. The van der Waals surface area contributed by atoms with E-state index in [-0.39, 0.29) is 12.0 Å². The number of thiophene rings is 1. The van der Waals surface area contributed by atoms with E-state index in [2.05, 4.69) is 39.9 Å². The number of nitrogens with zero attached hydrogens (tertiary/aromatic N) is 4. The van der Waals surface area contributed by atoms with Crippen molar-refractivity contribution in [1.82, 2.24) is 19.7 Å². The molecule has 2 aromatic heterocycles. The number of rotatable bonds is 8. The summed E-state index contributed by atoms with van der Waals surface area (Å²) >= 11 is 3.09. The van der Waals surface area contributed by atoms with Crippen molar-refractivity contribution >= 4 is 29.0 Å². The van der Waals surface area contributed by atoms with E-state index >= 15 is 0 Å². The summed E-state index contributed by atoms with van der Waals surface area (Å²) in [5.74, 6) is 1.26. The van der Waals surface area contributed by atoms with Gasteiger partial charge in [-0.3, -0.25) is 9.36 Å². The number of amides is 1. The number of aryl methyl sites for hydroxylation is 1. The van der Waals surface area contributed by atoms with Crippen molar-refractivity contribution < 1.29 is 9.53 Å². The van der Waals surface area contributed by atoms with Gasteiger partial charge >= 0.3 is 0 Å². The molecule has 1 aliphatic heterocycles. The summed E-state index contributed by atoms with van der Waals surface area (Å²) in [5.41, 5.74) is 2.36. The minimum Gasteiger partial charge on any atom is -0.376 e. The Bertz CT molecular complexity index is 981. The molecular formula is C22H26N4O2S2. The second-order valence-corrected chi connectivity index (χ2v) is 9.38. The maximum atomic E-state index is 12.7. The molecule has 1 aromatic carbocycles. The number of carbonyl (C=O) groups excluding carboxylic acids is 1. The molecule has 0 spiro atoms. The molecule has 1 saturated heterocycles. The van der Waals surface area contributed by atoms with Gasteiger partial charge in [-0.2, -0.15) is 0 Å². The van der Waals surface area contributed by atoms with Crippen LogP contribution in [0.5, 0.6) is 0 Å². The Morgan fingerprint density at radius 1 is 1.30 bits per heavy atom. The molecule has 0 bridgehead atoms. The molecule has 3 heterocycles. The van der Waals surface area contributed by atoms with Crippen molar-refractivity contribution in [3.8, 4) is 10.7 Å². The largest absolute Gasteiger partial charge is 0.376 e. The zero-order valence-corrected chi connectivity index (χ0v) is 18.9. The molecule has 158 valence electrons. The van der Waals surface area contributed by atoms with Gasteiger partial charge in [0.2, 0.25) is 5.91 Å². The molecule has 0 radical (unpaired) electrons. The van der Waals surface area contributed by atoms with E-state index in [1.165, 1.54) is 22.9 Å². The van der Waals surface area contributed by atoms with Crippen molar-refractivity contribution in [2.45, 2.75) is 44.1 Å². The van der Waals surface area contributed by atoms with Crippen LogP contribution in [0.2, 0.25) is 0 Å². The smallest absolute Gasteiger partial charge is 0.233 e. The van der Waals surface area contributed by atoms with Gasteiger partial charge in [0.25, 0.3) is 0 Å². The minimum absolute atomic E-state index is 0.0765. The average Bonchev–Trinajstić information content (AvgIpc) is 3.50. The van der Waals surface area contributed by atoms with Crippen molar-refractivity contribution in [3.05, 3.63) is 52.9 Å². The lowest BCUT2D eigenvalue weighted by atomic mass is 10.1. The van der Waals surface area contributed by atoms with E-state index in [9.17, 15) is 4.79 Å². The van der Waals surface area contributed by atoms with Gasteiger partial charge in [-0.15, -0.1) is 21.5 Å². The highest BCUT2D eigenvalue weighted by Gasteiger charge is 2.23. The van der Waals surface area contributed by atoms with Gasteiger partial charge in [-0.1, -0.05) is 42.1 Å². The Balaban J connectivity index is 1.44. The first kappa shape index (κ1) is 21.1. The maximum Gasteiger partial charge on any atom is 0.233 e. The minimum atomic E-state index is 0.0765. The van der Waals surface area contributed by atoms with E-state index in [4.69, 9.17) is 4.74 Å². The highest BCUT2D eigenvalue weighted by Crippen LogP contribution is 2.29. The Morgan fingerprint density at radius 2 is 2.17 bits per heavy atom. The van der Waals surface area contributed by atoms with Crippen LogP contribution in [-0.4, -0.2) is 51.1 Å². The van der Waals surface area contributed by atoms with E-state index in [1.54, 1.807) is 16.2 Å². The molecule has 1 amide bonds. The van der Waals surface area contributed by atoms with Gasteiger partial charge in [-0.25, -0.2) is 0 Å². The van der Waals surface area contributed by atoms with Gasteiger partial charge in [0.1, 0.15) is 0 Å². The summed E-state index contributed by atoms with van der Waals surface area (Å²) in [6.45, 7) is 4.21. The van der Waals surface area contributed by atoms with Gasteiger partial charge < -0.3 is 9.64 Å². The molecule has 1 fully saturated rings. The zero-order chi connectivity index (χ0) is 20.9. The lowest BCUT2D eigenvalue weighted by Crippen LogP contribution is -2.28. The predicted molar refractivity (Wildman–Crippen MR) is 121 cm³/mol. The standard InChI is InChI=1S/C22H26N4O2S2/c1-16-7-3-4-8-17(16)13-25(2)20(27)15-30-22-24-23-21(19-10-6-12-29-19)26(22)14-18-9-5-11-28-18/h3-4,6-8,10,12,18H,5,9,11,13-15H2,1-2H3. The summed E-state index contributed by atoms with van der Waals surface area (Å²) in [6.07, 6.45) is 2.31. The molecule has 0 N–H and O–H groups in total. The SMILES string of the molecule is Cc1ccccc1CN(C)C(=O)CSc1nnc(-c2cccs2)n1CC1CCCO1. The normalized spacial score (nSPS) is 16.1. The number of hydrogen-bond donors (Lipinski definition) is 0. The number of ether oxygens (including phenoxy) is 1. The Kier molecular flexibility index (Phi) is 6.86. The predicted octanol–water partition coefficient (Wildman–Crippen LogP) is 4.24. The highest BCUT2D eigenvalue weighted by atomic mass is 32.2. The third kappa shape index (κ3) is 4.94. The second kappa shape index (κ2) is 9.76. The third-order valence-electron chi connectivity index (χ3n) is 5.29. The first-order chi connectivity index (χ1) is 14.6. The molecule has 1 aliphatic rings. The van der Waals surface area contributed by atoms with Crippen molar-refractivity contribution in [2.75, 3.05) is 19.4 Å². The highest BCUT2D eigenvalue weighted by molar-refractivity contribution is 7.99. The van der Waals surface area contributed by atoms with Crippen LogP contribution < -0.4 is 0 Å². The summed E-state index contributed by atoms with van der Waals surface area (Å²) in [6, 6.07) is 12.2. The molecule has 8 heteroatoms. The number of aromatic nitrogens is 3. The monoisotopic (exact) mass is 442 g/mol. The first-order valence-corrected chi connectivity index (χ1v) is 12.0. The summed E-state index contributed by atoms with van der Waals surface area (Å²) in [7, 11) is 1.85. The van der Waals surface area contributed by atoms with E-state index < -0.39 is 0 Å². The Morgan fingerprint density at radius 3 is 2.90 bits per heavy atom. The molecule has 4 rings (SSSR count). The van der Waals surface area contributed by atoms with E-state index in [1.807, 2.05) is 30.6 Å². The van der Waals surface area contributed by atoms with Crippen LogP contribution in [0.25, 0.3) is 10.7 Å². The Labute approximate surface area is 185 Å². The lowest BCUT2D eigenvalue weighted by molar-refractivity contribution is -0.127. The van der Waals surface area contributed by atoms with Gasteiger partial charge in [0.15, 0.2) is 11.0 Å². The molecule has 1 unspecified atom stereocenters. The van der Waals surface area contributed by atoms with Crippen LogP contribution >= 0.6 is 23.1 Å². The van der Waals surface area contributed by atoms with Crippen LogP contribution in [0, 0.1) is 6.92 Å². The fourth-order valence-corrected chi connectivity index (χ4v) is 5.11. The third-order valence-corrected chi connectivity index (χ3v) is 7.11. The number of benzene rings is 1. The maximum absolute atomic E-state index is 12.7. The summed E-state index contributed by atoms with van der Waals surface area (Å²) < 4.78 is 7.95. The van der Waals surface area contributed by atoms with Crippen LogP contribution in [0.3, 0.4) is 0 Å². The van der Waals surface area contributed by atoms with Crippen LogP contribution in [-0.2, 0) is 22.6 Å². The molecule has 0 saturated carbocycles. The quantitative estimate of drug-likeness (QED) is 0.488. The lowest BCUT2D eigenvalue weighted by Gasteiger charge is -2.18. The second-order valence-electron chi connectivity index (χ2n) is 7.49. The van der Waals surface area contributed by atoms with E-state index in [0.717, 1.165) is 41.9 Å². The van der Waals surface area contributed by atoms with Crippen LogP contribution in [0.15, 0.2) is 46.9 Å². The van der Waals surface area contributed by atoms with Gasteiger partial charge in [0, 0.05) is 20.2 Å². The number of hydrogen-bond acceptors (Lipinski definition) is 6. The Hall–Kier alpha value is -2.16. The molecule has 6 nitrogen and oxygen atoms in total. The molecule has 30 heavy (non-hydrogen) atoms. The summed E-state index contributed by atoms with van der Waals surface area (Å²) in [5, 5.41) is 11.6. The van der Waals surface area contributed by atoms with Crippen LogP contribution in [0.1, 0.15) is 24.0 Å². The van der Waals surface area contributed by atoms with Crippen molar-refractivity contribution in [3.63, 3.8) is 0 Å². The fourth-order valence-electron chi connectivity index (χ4n) is 3.51. The van der Waals surface area contributed by atoms with Crippen molar-refractivity contribution in [1.29, 1.82) is 0 Å². The fraction of sp³-hybridized carbons (Fsp3) is 0.409. The number of carbonyl (C=O) groups is 1. The zero-order valence-electron chi connectivity index (χ0n) is 17.3. The van der Waals surface area contributed by atoms with Gasteiger partial charge in [0.05, 0.1) is 23.3 Å². The molecule has 0 aliphatic carbocycles.